The first-order valence-electron chi connectivity index (χ1n) is 6.79. The normalized spacial score (nSPS) is 10.3. The molecule has 0 bridgehead atoms. The van der Waals surface area contributed by atoms with Crippen LogP contribution in [-0.2, 0) is 4.79 Å². The predicted octanol–water partition coefficient (Wildman–Crippen LogP) is 3.05. The number of hydrogen-bond donors (Lipinski definition) is 1. The molecule has 23 heavy (non-hydrogen) atoms. The Morgan fingerprint density at radius 1 is 1.35 bits per heavy atom. The van der Waals surface area contributed by atoms with Crippen LogP contribution in [-0.4, -0.2) is 18.7 Å². The molecule has 0 heterocycles. The molecule has 0 fully saturated rings. The molecule has 2 aromatic rings. The van der Waals surface area contributed by atoms with Gasteiger partial charge in [-0.2, -0.15) is 10.4 Å². The summed E-state index contributed by atoms with van der Waals surface area (Å²) in [4.78, 5) is 11.7. The smallest absolute Gasteiger partial charge is 0.277 e. The van der Waals surface area contributed by atoms with Crippen molar-refractivity contribution in [3.05, 3.63) is 64.2 Å². The summed E-state index contributed by atoms with van der Waals surface area (Å²) in [5, 5.41) is 13.2. The molecule has 5 nitrogen and oxygen atoms in total. The molecule has 0 aliphatic rings. The summed E-state index contributed by atoms with van der Waals surface area (Å²) in [5.41, 5.74) is 4.57. The highest BCUT2D eigenvalue weighted by molar-refractivity contribution is 6.30. The lowest BCUT2D eigenvalue weighted by atomic mass is 10.2. The van der Waals surface area contributed by atoms with Gasteiger partial charge < -0.3 is 4.74 Å². The van der Waals surface area contributed by atoms with Gasteiger partial charge in [0, 0.05) is 5.02 Å². The van der Waals surface area contributed by atoms with Gasteiger partial charge in [0.05, 0.1) is 17.8 Å². The van der Waals surface area contributed by atoms with Crippen LogP contribution in [0.2, 0.25) is 5.02 Å². The van der Waals surface area contributed by atoms with E-state index >= 15 is 0 Å². The topological polar surface area (TPSA) is 74.5 Å². The minimum Gasteiger partial charge on any atom is -0.483 e. The fourth-order valence-electron chi connectivity index (χ4n) is 1.77. The van der Waals surface area contributed by atoms with Crippen molar-refractivity contribution >= 4 is 23.7 Å². The average molecular weight is 328 g/mol. The SMILES string of the molecule is Cc1cc(Cl)ccc1OCC(=O)NN=Cc1ccc(C#N)cc1. The number of carbonyl (C=O) groups is 1. The monoisotopic (exact) mass is 327 g/mol. The lowest BCUT2D eigenvalue weighted by molar-refractivity contribution is -0.123. The lowest BCUT2D eigenvalue weighted by Crippen LogP contribution is -2.24. The van der Waals surface area contributed by atoms with Crippen molar-refractivity contribution in [3.63, 3.8) is 0 Å². The molecule has 0 unspecified atom stereocenters. The van der Waals surface area contributed by atoms with E-state index in [2.05, 4.69) is 10.5 Å². The van der Waals surface area contributed by atoms with E-state index in [1.165, 1.54) is 6.21 Å². The van der Waals surface area contributed by atoms with Gasteiger partial charge in [-0.3, -0.25) is 4.79 Å². The minimum atomic E-state index is -0.371. The average Bonchev–Trinajstić information content (AvgIpc) is 2.54. The van der Waals surface area contributed by atoms with Gasteiger partial charge in [-0.05, 0) is 48.4 Å². The molecule has 1 amide bonds. The summed E-state index contributed by atoms with van der Waals surface area (Å²) in [7, 11) is 0. The van der Waals surface area contributed by atoms with Gasteiger partial charge in [-0.1, -0.05) is 23.7 Å². The van der Waals surface area contributed by atoms with Crippen molar-refractivity contribution in [2.75, 3.05) is 6.61 Å². The number of amides is 1. The Balaban J connectivity index is 1.82. The van der Waals surface area contributed by atoms with Crippen LogP contribution in [0.5, 0.6) is 5.75 Å². The number of rotatable bonds is 5. The Labute approximate surface area is 139 Å². The van der Waals surface area contributed by atoms with Gasteiger partial charge in [0.2, 0.25) is 0 Å². The molecule has 0 aromatic heterocycles. The second kappa shape index (κ2) is 7.97. The first-order valence-corrected chi connectivity index (χ1v) is 7.17. The molecular formula is C17H14ClN3O2. The molecule has 0 aliphatic heterocycles. The number of ether oxygens (including phenoxy) is 1. The van der Waals surface area contributed by atoms with E-state index in [0.29, 0.717) is 16.3 Å². The Morgan fingerprint density at radius 2 is 2.09 bits per heavy atom. The predicted molar refractivity (Wildman–Crippen MR) is 88.6 cm³/mol. The van der Waals surface area contributed by atoms with Crippen LogP contribution in [0.25, 0.3) is 0 Å². The van der Waals surface area contributed by atoms with Gasteiger partial charge >= 0.3 is 0 Å². The standard InChI is InChI=1S/C17H14ClN3O2/c1-12-8-15(18)6-7-16(12)23-11-17(22)21-20-10-14-4-2-13(9-19)3-5-14/h2-8,10H,11H2,1H3,(H,21,22). The molecule has 2 aromatic carbocycles. The molecular weight excluding hydrogens is 314 g/mol. The highest BCUT2D eigenvalue weighted by atomic mass is 35.5. The maximum atomic E-state index is 11.7. The Bertz CT molecular complexity index is 764. The van der Waals surface area contributed by atoms with Crippen molar-refractivity contribution in [2.45, 2.75) is 6.92 Å². The lowest BCUT2D eigenvalue weighted by Gasteiger charge is -2.08. The Morgan fingerprint density at radius 3 is 2.74 bits per heavy atom. The molecule has 0 atom stereocenters. The fraction of sp³-hybridized carbons (Fsp3) is 0.118. The molecule has 0 radical (unpaired) electrons. The molecule has 0 saturated carbocycles. The Kier molecular flexibility index (Phi) is 5.73. The summed E-state index contributed by atoms with van der Waals surface area (Å²) in [5.74, 6) is 0.227. The number of nitriles is 1. The van der Waals surface area contributed by atoms with Crippen LogP contribution in [0.3, 0.4) is 0 Å². The van der Waals surface area contributed by atoms with Gasteiger partial charge in [0.1, 0.15) is 5.75 Å². The van der Waals surface area contributed by atoms with Crippen LogP contribution < -0.4 is 10.2 Å². The van der Waals surface area contributed by atoms with Crippen LogP contribution >= 0.6 is 11.6 Å². The zero-order chi connectivity index (χ0) is 16.7. The molecule has 0 saturated heterocycles. The zero-order valence-corrected chi connectivity index (χ0v) is 13.2. The zero-order valence-electron chi connectivity index (χ0n) is 12.4. The molecule has 0 spiro atoms. The number of halogens is 1. The number of hydrazone groups is 1. The summed E-state index contributed by atoms with van der Waals surface area (Å²) < 4.78 is 5.41. The van der Waals surface area contributed by atoms with Gasteiger partial charge in [-0.25, -0.2) is 5.43 Å². The third-order valence-electron chi connectivity index (χ3n) is 2.94. The third kappa shape index (κ3) is 5.13. The minimum absolute atomic E-state index is 0.146. The second-order valence-corrected chi connectivity index (χ2v) is 5.16. The first-order chi connectivity index (χ1) is 11.1. The number of nitrogens with zero attached hydrogens (tertiary/aromatic N) is 2. The van der Waals surface area contributed by atoms with Crippen LogP contribution in [0.15, 0.2) is 47.6 Å². The third-order valence-corrected chi connectivity index (χ3v) is 3.17. The second-order valence-electron chi connectivity index (χ2n) is 4.73. The van der Waals surface area contributed by atoms with E-state index in [1.54, 1.807) is 42.5 Å². The molecule has 6 heteroatoms. The van der Waals surface area contributed by atoms with E-state index in [-0.39, 0.29) is 12.5 Å². The van der Waals surface area contributed by atoms with Gasteiger partial charge in [-0.15, -0.1) is 0 Å². The highest BCUT2D eigenvalue weighted by Gasteiger charge is 2.04. The number of aryl methyl sites for hydroxylation is 1. The van der Waals surface area contributed by atoms with Crippen molar-refractivity contribution in [1.82, 2.24) is 5.43 Å². The van der Waals surface area contributed by atoms with E-state index in [9.17, 15) is 4.79 Å². The summed E-state index contributed by atoms with van der Waals surface area (Å²) in [6, 6.07) is 14.0. The van der Waals surface area contributed by atoms with Crippen LogP contribution in [0.4, 0.5) is 0 Å². The van der Waals surface area contributed by atoms with E-state index in [0.717, 1.165) is 11.1 Å². The van der Waals surface area contributed by atoms with E-state index in [4.69, 9.17) is 21.6 Å². The van der Waals surface area contributed by atoms with Crippen molar-refractivity contribution in [3.8, 4) is 11.8 Å². The summed E-state index contributed by atoms with van der Waals surface area (Å²) in [6.07, 6.45) is 1.49. The fourth-order valence-corrected chi connectivity index (χ4v) is 2.00. The number of hydrogen-bond acceptors (Lipinski definition) is 4. The van der Waals surface area contributed by atoms with E-state index < -0.39 is 0 Å². The summed E-state index contributed by atoms with van der Waals surface area (Å²) >= 11 is 5.85. The van der Waals surface area contributed by atoms with Crippen molar-refractivity contribution < 1.29 is 9.53 Å². The van der Waals surface area contributed by atoms with Gasteiger partial charge in [0.15, 0.2) is 6.61 Å². The number of benzene rings is 2. The maximum absolute atomic E-state index is 11.7. The molecule has 2 rings (SSSR count). The number of carbonyl (C=O) groups excluding carboxylic acids is 1. The van der Waals surface area contributed by atoms with Crippen molar-refractivity contribution in [1.29, 1.82) is 5.26 Å². The molecule has 0 aliphatic carbocycles. The Hall–Kier alpha value is -2.84. The largest absolute Gasteiger partial charge is 0.483 e. The van der Waals surface area contributed by atoms with E-state index in [1.807, 2.05) is 13.0 Å². The first kappa shape index (κ1) is 16.5. The van der Waals surface area contributed by atoms with Crippen LogP contribution in [0, 0.1) is 18.3 Å². The van der Waals surface area contributed by atoms with Crippen LogP contribution in [0.1, 0.15) is 16.7 Å². The molecule has 116 valence electrons. The highest BCUT2D eigenvalue weighted by Crippen LogP contribution is 2.21. The quantitative estimate of drug-likeness (QED) is 0.677. The summed E-state index contributed by atoms with van der Waals surface area (Å²) in [6.45, 7) is 1.70. The molecule has 1 N–H and O–H groups in total. The number of nitrogens with one attached hydrogen (secondary N) is 1. The maximum Gasteiger partial charge on any atom is 0.277 e. The van der Waals surface area contributed by atoms with Gasteiger partial charge in [0.25, 0.3) is 5.91 Å². The van der Waals surface area contributed by atoms with Crippen molar-refractivity contribution in [2.24, 2.45) is 5.10 Å².